The summed E-state index contributed by atoms with van der Waals surface area (Å²) in [6.07, 6.45) is 0. The topological polar surface area (TPSA) is 3.24 Å². The van der Waals surface area contributed by atoms with E-state index >= 15 is 0 Å². The highest BCUT2D eigenvalue weighted by Crippen LogP contribution is 2.53. The number of hydrogen-bond acceptors (Lipinski definition) is 3. The number of hydrogen-bond donors (Lipinski definition) is 0. The smallest absolute Gasteiger partial charge is 0.0719 e. The zero-order valence-electron chi connectivity index (χ0n) is 27.7. The van der Waals surface area contributed by atoms with Crippen LogP contribution in [0.3, 0.4) is 0 Å². The average Bonchev–Trinajstić information content (AvgIpc) is 3.79. The van der Waals surface area contributed by atoms with Gasteiger partial charge in [0.2, 0.25) is 0 Å². The van der Waals surface area contributed by atoms with E-state index in [0.717, 1.165) is 5.69 Å². The molecular formula is C48H31NS2. The fourth-order valence-corrected chi connectivity index (χ4v) is 9.99. The van der Waals surface area contributed by atoms with Crippen molar-refractivity contribution in [3.05, 3.63) is 188 Å². The third-order valence-electron chi connectivity index (χ3n) is 9.89. The van der Waals surface area contributed by atoms with Crippen molar-refractivity contribution < 1.29 is 0 Å². The molecule has 8 aromatic carbocycles. The van der Waals surface area contributed by atoms with Gasteiger partial charge in [-0.15, -0.1) is 22.7 Å². The van der Waals surface area contributed by atoms with Crippen molar-refractivity contribution in [3.63, 3.8) is 0 Å². The molecule has 3 heteroatoms. The molecule has 0 radical (unpaired) electrons. The maximum atomic E-state index is 2.54. The lowest BCUT2D eigenvalue weighted by atomic mass is 9.96. The highest BCUT2D eigenvalue weighted by atomic mass is 32.1. The zero-order valence-corrected chi connectivity index (χ0v) is 29.3. The van der Waals surface area contributed by atoms with Gasteiger partial charge in [-0.05, 0) is 58.1 Å². The lowest BCUT2D eigenvalue weighted by molar-refractivity contribution is 1.32. The van der Waals surface area contributed by atoms with Crippen LogP contribution in [0.2, 0.25) is 0 Å². The summed E-state index contributed by atoms with van der Waals surface area (Å²) in [4.78, 5) is 2.54. The average molecular weight is 686 g/mol. The molecule has 240 valence electrons. The van der Waals surface area contributed by atoms with Crippen molar-refractivity contribution in [1.29, 1.82) is 0 Å². The second-order valence-electron chi connectivity index (χ2n) is 12.9. The predicted octanol–water partition coefficient (Wildman–Crippen LogP) is 14.9. The van der Waals surface area contributed by atoms with E-state index in [2.05, 4.69) is 193 Å². The number of fused-ring (bicyclic) bond motifs is 6. The maximum Gasteiger partial charge on any atom is 0.0719 e. The molecule has 51 heavy (non-hydrogen) atoms. The summed E-state index contributed by atoms with van der Waals surface area (Å²) >= 11 is 3.78. The van der Waals surface area contributed by atoms with Crippen molar-refractivity contribution in [2.75, 3.05) is 4.90 Å². The minimum absolute atomic E-state index is 1.13. The van der Waals surface area contributed by atoms with Crippen LogP contribution in [0, 0.1) is 0 Å². The Balaban J connectivity index is 1.32. The van der Waals surface area contributed by atoms with E-state index in [0.29, 0.717) is 0 Å². The van der Waals surface area contributed by atoms with Gasteiger partial charge in [0, 0.05) is 42.2 Å². The number of benzene rings is 8. The van der Waals surface area contributed by atoms with E-state index in [9.17, 15) is 0 Å². The fraction of sp³-hybridized carbons (Fsp3) is 0. The van der Waals surface area contributed by atoms with E-state index in [1.807, 2.05) is 22.7 Å². The number of thiophene rings is 2. The van der Waals surface area contributed by atoms with Crippen LogP contribution in [0.1, 0.15) is 0 Å². The van der Waals surface area contributed by atoms with Crippen molar-refractivity contribution >= 4 is 80.1 Å². The molecule has 0 spiro atoms. The van der Waals surface area contributed by atoms with Crippen LogP contribution in [0.15, 0.2) is 188 Å². The second-order valence-corrected chi connectivity index (χ2v) is 15.0. The number of nitrogens with zero attached hydrogens (tertiary/aromatic N) is 1. The van der Waals surface area contributed by atoms with Gasteiger partial charge < -0.3 is 4.90 Å². The molecule has 0 fully saturated rings. The summed E-state index contributed by atoms with van der Waals surface area (Å²) in [5, 5.41) is 5.17. The Morgan fingerprint density at radius 1 is 0.333 bits per heavy atom. The van der Waals surface area contributed by atoms with Gasteiger partial charge >= 0.3 is 0 Å². The van der Waals surface area contributed by atoms with Crippen molar-refractivity contribution in [1.82, 2.24) is 0 Å². The van der Waals surface area contributed by atoms with Crippen LogP contribution in [-0.2, 0) is 0 Å². The summed E-state index contributed by atoms with van der Waals surface area (Å²) in [6.45, 7) is 0. The summed E-state index contributed by atoms with van der Waals surface area (Å²) in [7, 11) is 0. The lowest BCUT2D eigenvalue weighted by Gasteiger charge is -2.29. The molecule has 0 N–H and O–H groups in total. The second kappa shape index (κ2) is 12.4. The molecule has 0 saturated carbocycles. The molecule has 10 aromatic rings. The first-order valence-electron chi connectivity index (χ1n) is 17.3. The Morgan fingerprint density at radius 2 is 0.843 bits per heavy atom. The van der Waals surface area contributed by atoms with Crippen molar-refractivity contribution in [2.45, 2.75) is 0 Å². The molecule has 0 aliphatic heterocycles. The van der Waals surface area contributed by atoms with E-state index in [-0.39, 0.29) is 0 Å². The van der Waals surface area contributed by atoms with E-state index < -0.39 is 0 Å². The first kappa shape index (κ1) is 29.9. The highest BCUT2D eigenvalue weighted by molar-refractivity contribution is 7.27. The largest absolute Gasteiger partial charge is 0.307 e. The van der Waals surface area contributed by atoms with Crippen LogP contribution >= 0.6 is 22.7 Å². The molecule has 0 aliphatic carbocycles. The molecule has 0 bridgehead atoms. The lowest BCUT2D eigenvalue weighted by Crippen LogP contribution is -2.12. The number of anilines is 3. The molecule has 1 nitrogen and oxygen atoms in total. The first-order chi connectivity index (χ1) is 25.3. The molecular weight excluding hydrogens is 655 g/mol. The molecule has 0 unspecified atom stereocenters. The van der Waals surface area contributed by atoms with Crippen LogP contribution in [-0.4, -0.2) is 0 Å². The van der Waals surface area contributed by atoms with Gasteiger partial charge in [0.15, 0.2) is 0 Å². The summed E-state index contributed by atoms with van der Waals surface area (Å²) in [6, 6.07) is 68.5. The van der Waals surface area contributed by atoms with Crippen LogP contribution in [0.5, 0.6) is 0 Å². The Labute approximate surface area is 304 Å². The van der Waals surface area contributed by atoms with Gasteiger partial charge in [0.1, 0.15) is 0 Å². The van der Waals surface area contributed by atoms with Crippen LogP contribution < -0.4 is 4.90 Å². The van der Waals surface area contributed by atoms with Gasteiger partial charge in [-0.25, -0.2) is 0 Å². The minimum atomic E-state index is 1.13. The van der Waals surface area contributed by atoms with Crippen molar-refractivity contribution in [3.8, 4) is 33.4 Å². The third kappa shape index (κ3) is 5.05. The Bertz CT molecular complexity index is 2830. The zero-order chi connectivity index (χ0) is 33.7. The Morgan fingerprint density at radius 3 is 1.53 bits per heavy atom. The molecule has 2 heterocycles. The summed E-state index contributed by atoms with van der Waals surface area (Å²) < 4.78 is 5.15. The normalized spacial score (nSPS) is 11.5. The predicted molar refractivity (Wildman–Crippen MR) is 223 cm³/mol. The fourth-order valence-electron chi connectivity index (χ4n) is 7.52. The summed E-state index contributed by atoms with van der Waals surface area (Å²) in [5.41, 5.74) is 10.8. The van der Waals surface area contributed by atoms with Crippen LogP contribution in [0.4, 0.5) is 17.1 Å². The van der Waals surface area contributed by atoms with Gasteiger partial charge in [-0.2, -0.15) is 0 Å². The van der Waals surface area contributed by atoms with Gasteiger partial charge in [0.25, 0.3) is 0 Å². The van der Waals surface area contributed by atoms with Crippen molar-refractivity contribution in [2.24, 2.45) is 0 Å². The molecule has 0 saturated heterocycles. The van der Waals surface area contributed by atoms with Gasteiger partial charge in [-0.1, -0.05) is 158 Å². The van der Waals surface area contributed by atoms with Crippen LogP contribution in [0.25, 0.3) is 73.7 Å². The van der Waals surface area contributed by atoms with E-state index in [4.69, 9.17) is 0 Å². The maximum absolute atomic E-state index is 2.54. The molecule has 0 aliphatic rings. The molecule has 2 aromatic heterocycles. The standard InChI is InChI=1S/C48H31NS2/c1-4-14-32(15-5-1)33-24-26-36(27-25-33)49(42-31-30-37(34-16-6-2-7-17-34)45-41-21-11-13-23-44(41)51-48(42)45)46-38(35-18-8-3-9-19-35)28-29-40-39-20-10-12-22-43(39)50-47(40)46/h1-31H. The third-order valence-corrected chi connectivity index (χ3v) is 12.3. The Kier molecular flexibility index (Phi) is 7.26. The van der Waals surface area contributed by atoms with E-state index in [1.54, 1.807) is 0 Å². The number of rotatable bonds is 6. The SMILES string of the molecule is c1ccc(-c2ccc(N(c3c(-c4ccccc4)ccc4c3sc3ccccc34)c3ccc(-c4ccccc4)c4c3sc3ccccc34)cc2)cc1. The van der Waals surface area contributed by atoms with Gasteiger partial charge in [-0.3, -0.25) is 0 Å². The molecule has 0 amide bonds. The molecule has 0 atom stereocenters. The minimum Gasteiger partial charge on any atom is -0.307 e. The van der Waals surface area contributed by atoms with Gasteiger partial charge in [0.05, 0.1) is 20.8 Å². The summed E-state index contributed by atoms with van der Waals surface area (Å²) in [5.74, 6) is 0. The Hall–Kier alpha value is -6.00. The first-order valence-corrected chi connectivity index (χ1v) is 18.9. The molecule has 10 rings (SSSR count). The highest BCUT2D eigenvalue weighted by Gasteiger charge is 2.26. The monoisotopic (exact) mass is 685 g/mol. The van der Waals surface area contributed by atoms with E-state index in [1.165, 1.54) is 85.1 Å². The quantitative estimate of drug-likeness (QED) is 0.168.